The molecule has 2 fully saturated rings. The van der Waals surface area contributed by atoms with Gasteiger partial charge in [-0.15, -0.1) is 0 Å². The van der Waals surface area contributed by atoms with Gasteiger partial charge in [0.2, 0.25) is 0 Å². The van der Waals surface area contributed by atoms with Crippen molar-refractivity contribution in [3.05, 3.63) is 28.0 Å². The maximum atomic E-state index is 6.36. The zero-order valence-corrected chi connectivity index (χ0v) is 13.9. The van der Waals surface area contributed by atoms with Crippen LogP contribution in [0.2, 0.25) is 10.0 Å². The van der Waals surface area contributed by atoms with Crippen molar-refractivity contribution in [3.63, 3.8) is 0 Å². The lowest BCUT2D eigenvalue weighted by molar-refractivity contribution is -0.0980. The Kier molecular flexibility index (Phi) is 4.75. The Labute approximate surface area is 136 Å². The highest BCUT2D eigenvalue weighted by Crippen LogP contribution is 2.45. The standard InChI is InChI=1S/C16H22Cl2N2O/c1-19-14(15-13(18)8-12(17)10-20-15)11-4-7-21-16(9-11)5-2-3-6-16/h8,10-11,14,19H,2-7,9H2,1H3. The second-order valence-electron chi connectivity index (χ2n) is 6.28. The number of hydrogen-bond donors (Lipinski definition) is 1. The molecule has 116 valence electrons. The van der Waals surface area contributed by atoms with Crippen molar-refractivity contribution in [1.29, 1.82) is 0 Å². The van der Waals surface area contributed by atoms with E-state index in [9.17, 15) is 0 Å². The highest BCUT2D eigenvalue weighted by atomic mass is 35.5. The minimum absolute atomic E-state index is 0.108. The summed E-state index contributed by atoms with van der Waals surface area (Å²) in [6.07, 6.45) is 8.79. The van der Waals surface area contributed by atoms with Gasteiger partial charge in [-0.3, -0.25) is 4.98 Å². The number of ether oxygens (including phenoxy) is 1. The lowest BCUT2D eigenvalue weighted by Gasteiger charge is -2.41. The summed E-state index contributed by atoms with van der Waals surface area (Å²) in [7, 11) is 1.98. The molecule has 2 unspecified atom stereocenters. The summed E-state index contributed by atoms with van der Waals surface area (Å²) in [5, 5.41) is 4.64. The molecule has 2 aliphatic rings. The van der Waals surface area contributed by atoms with E-state index in [4.69, 9.17) is 27.9 Å². The third kappa shape index (κ3) is 3.21. The molecule has 1 aliphatic carbocycles. The van der Waals surface area contributed by atoms with Gasteiger partial charge >= 0.3 is 0 Å². The van der Waals surface area contributed by atoms with Crippen molar-refractivity contribution in [3.8, 4) is 0 Å². The Morgan fingerprint density at radius 2 is 2.14 bits per heavy atom. The number of rotatable bonds is 3. The minimum Gasteiger partial charge on any atom is -0.375 e. The summed E-state index contributed by atoms with van der Waals surface area (Å²) < 4.78 is 6.13. The molecule has 1 spiro atoms. The van der Waals surface area contributed by atoms with Crippen molar-refractivity contribution >= 4 is 23.2 Å². The van der Waals surface area contributed by atoms with E-state index in [1.54, 1.807) is 12.3 Å². The molecule has 3 rings (SSSR count). The predicted octanol–water partition coefficient (Wildman–Crippen LogP) is 4.39. The fraction of sp³-hybridized carbons (Fsp3) is 0.688. The van der Waals surface area contributed by atoms with E-state index >= 15 is 0 Å². The molecular formula is C16H22Cl2N2O. The molecule has 0 aromatic carbocycles. The van der Waals surface area contributed by atoms with E-state index in [0.29, 0.717) is 16.0 Å². The molecule has 3 nitrogen and oxygen atoms in total. The summed E-state index contributed by atoms with van der Waals surface area (Å²) in [6.45, 7) is 0.841. The van der Waals surface area contributed by atoms with Gasteiger partial charge in [0.25, 0.3) is 0 Å². The molecule has 1 saturated carbocycles. The Morgan fingerprint density at radius 1 is 1.38 bits per heavy atom. The molecule has 0 amide bonds. The maximum absolute atomic E-state index is 6.36. The lowest BCUT2D eigenvalue weighted by Crippen LogP contribution is -2.41. The van der Waals surface area contributed by atoms with Crippen molar-refractivity contribution in [2.24, 2.45) is 5.92 Å². The zero-order chi connectivity index (χ0) is 14.9. The van der Waals surface area contributed by atoms with Crippen LogP contribution in [-0.2, 0) is 4.74 Å². The Bertz CT molecular complexity index is 503. The van der Waals surface area contributed by atoms with Gasteiger partial charge in [0, 0.05) is 12.8 Å². The number of aromatic nitrogens is 1. The van der Waals surface area contributed by atoms with Gasteiger partial charge < -0.3 is 10.1 Å². The first-order chi connectivity index (χ1) is 10.1. The summed E-state index contributed by atoms with van der Waals surface area (Å²) in [5.41, 5.74) is 1.01. The van der Waals surface area contributed by atoms with Gasteiger partial charge in [-0.2, -0.15) is 0 Å². The van der Waals surface area contributed by atoms with Crippen molar-refractivity contribution < 1.29 is 4.74 Å². The molecule has 1 aromatic heterocycles. The number of hydrogen-bond acceptors (Lipinski definition) is 3. The highest BCUT2D eigenvalue weighted by Gasteiger charge is 2.42. The summed E-state index contributed by atoms with van der Waals surface area (Å²) >= 11 is 12.3. The molecule has 2 atom stereocenters. The lowest BCUT2D eigenvalue weighted by atomic mass is 9.79. The van der Waals surface area contributed by atoms with E-state index in [1.807, 2.05) is 7.05 Å². The number of nitrogens with one attached hydrogen (secondary N) is 1. The van der Waals surface area contributed by atoms with Gasteiger partial charge in [-0.25, -0.2) is 0 Å². The molecule has 2 heterocycles. The number of pyridine rings is 1. The molecule has 1 aromatic rings. The second-order valence-corrected chi connectivity index (χ2v) is 7.12. The third-order valence-electron chi connectivity index (χ3n) is 4.96. The number of nitrogens with zero attached hydrogens (tertiary/aromatic N) is 1. The van der Waals surface area contributed by atoms with E-state index < -0.39 is 0 Å². The van der Waals surface area contributed by atoms with Gasteiger partial charge in [-0.1, -0.05) is 36.0 Å². The van der Waals surface area contributed by atoms with Crippen LogP contribution in [0.4, 0.5) is 0 Å². The fourth-order valence-electron chi connectivity index (χ4n) is 3.97. The van der Waals surface area contributed by atoms with Gasteiger partial charge in [-0.05, 0) is 44.7 Å². The molecular weight excluding hydrogens is 307 g/mol. The highest BCUT2D eigenvalue weighted by molar-refractivity contribution is 6.34. The van der Waals surface area contributed by atoms with Crippen LogP contribution in [0, 0.1) is 5.92 Å². The Hall–Kier alpha value is -0.350. The third-order valence-corrected chi connectivity index (χ3v) is 5.47. The summed E-state index contributed by atoms with van der Waals surface area (Å²) in [5.74, 6) is 0.507. The molecule has 5 heteroatoms. The summed E-state index contributed by atoms with van der Waals surface area (Å²) in [6, 6.07) is 1.94. The normalized spacial score (nSPS) is 26.1. The van der Waals surface area contributed by atoms with Crippen molar-refractivity contribution in [1.82, 2.24) is 10.3 Å². The molecule has 21 heavy (non-hydrogen) atoms. The van der Waals surface area contributed by atoms with Crippen LogP contribution in [0.5, 0.6) is 0 Å². The summed E-state index contributed by atoms with van der Waals surface area (Å²) in [4.78, 5) is 4.47. The van der Waals surface area contributed by atoms with Crippen molar-refractivity contribution in [2.75, 3.05) is 13.7 Å². The van der Waals surface area contributed by atoms with E-state index in [2.05, 4.69) is 10.3 Å². The molecule has 1 saturated heterocycles. The van der Waals surface area contributed by atoms with Gasteiger partial charge in [0.1, 0.15) is 0 Å². The average molecular weight is 329 g/mol. The maximum Gasteiger partial charge on any atom is 0.0762 e. The topological polar surface area (TPSA) is 34.2 Å². The minimum atomic E-state index is 0.108. The van der Waals surface area contributed by atoms with Crippen molar-refractivity contribution in [2.45, 2.75) is 50.2 Å². The van der Waals surface area contributed by atoms with Crippen LogP contribution in [0.3, 0.4) is 0 Å². The average Bonchev–Trinajstić information content (AvgIpc) is 2.90. The Morgan fingerprint density at radius 3 is 2.81 bits per heavy atom. The van der Waals surface area contributed by atoms with Gasteiger partial charge in [0.05, 0.1) is 27.4 Å². The smallest absolute Gasteiger partial charge is 0.0762 e. The van der Waals surface area contributed by atoms with Crippen LogP contribution in [0.1, 0.15) is 50.3 Å². The fourth-order valence-corrected chi connectivity index (χ4v) is 4.47. The van der Waals surface area contributed by atoms with Crippen LogP contribution < -0.4 is 5.32 Å². The molecule has 0 bridgehead atoms. The van der Waals surface area contributed by atoms with Crippen LogP contribution >= 0.6 is 23.2 Å². The van der Waals surface area contributed by atoms with E-state index in [-0.39, 0.29) is 11.6 Å². The number of halogens is 2. The molecule has 1 N–H and O–H groups in total. The largest absolute Gasteiger partial charge is 0.375 e. The zero-order valence-electron chi connectivity index (χ0n) is 12.4. The van der Waals surface area contributed by atoms with E-state index in [1.165, 1.54) is 25.7 Å². The Balaban J connectivity index is 1.82. The SMILES string of the molecule is CNC(c1ncc(Cl)cc1Cl)C1CCOC2(CCCC2)C1. The molecule has 0 radical (unpaired) electrons. The van der Waals surface area contributed by atoms with E-state index in [0.717, 1.165) is 25.1 Å². The monoisotopic (exact) mass is 328 g/mol. The predicted molar refractivity (Wildman–Crippen MR) is 85.9 cm³/mol. The molecule has 1 aliphatic heterocycles. The van der Waals surface area contributed by atoms with Gasteiger partial charge in [0.15, 0.2) is 0 Å². The first-order valence-corrected chi connectivity index (χ1v) is 8.51. The quantitative estimate of drug-likeness (QED) is 0.893. The first-order valence-electron chi connectivity index (χ1n) is 7.76. The second kappa shape index (κ2) is 6.41. The van der Waals surface area contributed by atoms with Crippen LogP contribution in [-0.4, -0.2) is 24.2 Å². The van der Waals surface area contributed by atoms with Crippen LogP contribution in [0.15, 0.2) is 12.3 Å². The van der Waals surface area contributed by atoms with Crippen LogP contribution in [0.25, 0.3) is 0 Å². The first kappa shape index (κ1) is 15.5.